The third-order valence-corrected chi connectivity index (χ3v) is 2.91. The lowest BCUT2D eigenvalue weighted by Gasteiger charge is -2.30. The van der Waals surface area contributed by atoms with Gasteiger partial charge in [-0.1, -0.05) is 0 Å². The quantitative estimate of drug-likeness (QED) is 0.557. The van der Waals surface area contributed by atoms with Crippen molar-refractivity contribution in [1.82, 2.24) is 0 Å². The van der Waals surface area contributed by atoms with E-state index < -0.39 is 19.2 Å². The average molecular weight is 243 g/mol. The Morgan fingerprint density at radius 1 is 1.35 bits per heavy atom. The van der Waals surface area contributed by atoms with Crippen LogP contribution in [0.1, 0.15) is 32.1 Å². The van der Waals surface area contributed by atoms with E-state index in [1.54, 1.807) is 0 Å². The number of ketones is 1. The SMILES string of the molecule is NCCC(=O)C[C@H]1CC[C@@H](CC(=O)O)OB1O. The zero-order valence-electron chi connectivity index (χ0n) is 9.67. The first-order valence-corrected chi connectivity index (χ1v) is 5.80. The summed E-state index contributed by atoms with van der Waals surface area (Å²) in [5.41, 5.74) is 5.27. The van der Waals surface area contributed by atoms with Crippen molar-refractivity contribution in [3.8, 4) is 0 Å². The number of rotatable bonds is 6. The lowest BCUT2D eigenvalue weighted by Crippen LogP contribution is -2.38. The van der Waals surface area contributed by atoms with E-state index in [1.807, 2.05) is 0 Å². The van der Waals surface area contributed by atoms with Gasteiger partial charge in [0.2, 0.25) is 0 Å². The molecule has 0 radical (unpaired) electrons. The van der Waals surface area contributed by atoms with Crippen molar-refractivity contribution in [3.63, 3.8) is 0 Å². The van der Waals surface area contributed by atoms with Gasteiger partial charge in [0.25, 0.3) is 0 Å². The molecule has 1 aliphatic rings. The van der Waals surface area contributed by atoms with Gasteiger partial charge in [-0.2, -0.15) is 0 Å². The zero-order valence-corrected chi connectivity index (χ0v) is 9.67. The van der Waals surface area contributed by atoms with E-state index in [1.165, 1.54) is 0 Å². The molecule has 1 aliphatic heterocycles. The molecule has 6 nitrogen and oxygen atoms in total. The predicted octanol–water partition coefficient (Wildman–Crippen LogP) is -0.201. The Kier molecular flexibility index (Phi) is 5.60. The molecule has 0 bridgehead atoms. The Hall–Kier alpha value is -0.915. The molecule has 0 unspecified atom stereocenters. The minimum Gasteiger partial charge on any atom is -0.481 e. The Labute approximate surface area is 100 Å². The first kappa shape index (κ1) is 14.1. The third kappa shape index (κ3) is 4.85. The summed E-state index contributed by atoms with van der Waals surface area (Å²) in [6.45, 7) is 0.310. The van der Waals surface area contributed by atoms with E-state index in [2.05, 4.69) is 0 Å². The van der Waals surface area contributed by atoms with Crippen molar-refractivity contribution < 1.29 is 24.4 Å². The van der Waals surface area contributed by atoms with Gasteiger partial charge in [-0.05, 0) is 19.4 Å². The van der Waals surface area contributed by atoms with Gasteiger partial charge in [0.15, 0.2) is 0 Å². The number of nitrogens with two attached hydrogens (primary N) is 1. The maximum atomic E-state index is 11.4. The van der Waals surface area contributed by atoms with Crippen molar-refractivity contribution >= 4 is 18.9 Å². The Morgan fingerprint density at radius 2 is 2.06 bits per heavy atom. The molecule has 4 N–H and O–H groups in total. The number of hydrogen-bond acceptors (Lipinski definition) is 5. The first-order valence-electron chi connectivity index (χ1n) is 5.80. The van der Waals surface area contributed by atoms with Gasteiger partial charge >= 0.3 is 13.1 Å². The average Bonchev–Trinajstić information content (AvgIpc) is 2.21. The molecule has 17 heavy (non-hydrogen) atoms. The fourth-order valence-electron chi connectivity index (χ4n) is 2.02. The number of Topliss-reactive ketones (excluding diaryl/α,β-unsaturated/α-hetero) is 1. The standard InChI is InChI=1S/C10H18BNO5/c12-4-3-8(13)5-7-1-2-9(6-10(14)15)17-11(7)16/h7,9,16H,1-6,12H2,(H,14,15)/t7-,9+/m1/s1. The van der Waals surface area contributed by atoms with Crippen molar-refractivity contribution in [2.45, 2.75) is 44.0 Å². The second-order valence-corrected chi connectivity index (χ2v) is 4.37. The van der Waals surface area contributed by atoms with E-state index in [0.717, 1.165) is 0 Å². The molecule has 96 valence electrons. The molecule has 1 rings (SSSR count). The minimum atomic E-state index is -1.05. The summed E-state index contributed by atoms with van der Waals surface area (Å²) in [7, 11) is -1.05. The molecule has 0 spiro atoms. The molecule has 2 atom stereocenters. The monoisotopic (exact) mass is 243 g/mol. The Bertz CT molecular complexity index is 286. The van der Waals surface area contributed by atoms with Crippen LogP contribution in [0.5, 0.6) is 0 Å². The highest BCUT2D eigenvalue weighted by Gasteiger charge is 2.36. The van der Waals surface area contributed by atoms with Gasteiger partial charge in [0.1, 0.15) is 5.78 Å². The van der Waals surface area contributed by atoms with Crippen molar-refractivity contribution in [3.05, 3.63) is 0 Å². The summed E-state index contributed by atoms with van der Waals surface area (Å²) in [5, 5.41) is 18.3. The van der Waals surface area contributed by atoms with Gasteiger partial charge in [0, 0.05) is 18.7 Å². The van der Waals surface area contributed by atoms with Crippen molar-refractivity contribution in [1.29, 1.82) is 0 Å². The predicted molar refractivity (Wildman–Crippen MR) is 61.4 cm³/mol. The van der Waals surface area contributed by atoms with Crippen LogP contribution in [0.25, 0.3) is 0 Å². The normalized spacial score (nSPS) is 24.7. The van der Waals surface area contributed by atoms with E-state index in [0.29, 0.717) is 25.8 Å². The number of carboxylic acids is 1. The van der Waals surface area contributed by atoms with Crippen LogP contribution in [0, 0.1) is 0 Å². The topological polar surface area (TPSA) is 110 Å². The molecule has 0 saturated carbocycles. The zero-order chi connectivity index (χ0) is 12.8. The molecule has 0 amide bonds. The van der Waals surface area contributed by atoms with Gasteiger partial charge in [-0.15, -0.1) is 0 Å². The third-order valence-electron chi connectivity index (χ3n) is 2.91. The summed E-state index contributed by atoms with van der Waals surface area (Å²) >= 11 is 0. The summed E-state index contributed by atoms with van der Waals surface area (Å²) in [6.07, 6.45) is 1.16. The second kappa shape index (κ2) is 6.73. The van der Waals surface area contributed by atoms with E-state index in [9.17, 15) is 14.6 Å². The number of carbonyl (C=O) groups excluding carboxylic acids is 1. The lowest BCUT2D eigenvalue weighted by atomic mass is 9.64. The van der Waals surface area contributed by atoms with Crippen LogP contribution in [0.2, 0.25) is 5.82 Å². The van der Waals surface area contributed by atoms with Gasteiger partial charge in [-0.25, -0.2) is 0 Å². The van der Waals surface area contributed by atoms with E-state index in [4.69, 9.17) is 15.5 Å². The Balaban J connectivity index is 2.37. The Morgan fingerprint density at radius 3 is 2.59 bits per heavy atom. The van der Waals surface area contributed by atoms with E-state index in [-0.39, 0.29) is 24.4 Å². The fourth-order valence-corrected chi connectivity index (χ4v) is 2.02. The largest absolute Gasteiger partial charge is 0.481 e. The van der Waals surface area contributed by atoms with Gasteiger partial charge < -0.3 is 20.5 Å². The molecule has 0 aromatic carbocycles. The second-order valence-electron chi connectivity index (χ2n) is 4.37. The number of aliphatic carboxylic acids is 1. The van der Waals surface area contributed by atoms with E-state index >= 15 is 0 Å². The highest BCUT2D eigenvalue weighted by Crippen LogP contribution is 2.30. The van der Waals surface area contributed by atoms with Crippen LogP contribution in [0.3, 0.4) is 0 Å². The van der Waals surface area contributed by atoms with Crippen molar-refractivity contribution in [2.75, 3.05) is 6.54 Å². The molecule has 1 heterocycles. The molecule has 0 aromatic heterocycles. The summed E-state index contributed by atoms with van der Waals surface area (Å²) in [4.78, 5) is 21.9. The first-order chi connectivity index (χ1) is 8.02. The highest BCUT2D eigenvalue weighted by atomic mass is 16.5. The smallest absolute Gasteiger partial charge is 0.458 e. The molecule has 1 saturated heterocycles. The maximum Gasteiger partial charge on any atom is 0.458 e. The minimum absolute atomic E-state index is 0.0110. The van der Waals surface area contributed by atoms with Crippen LogP contribution in [0.15, 0.2) is 0 Å². The molecular weight excluding hydrogens is 225 g/mol. The number of hydrogen-bond donors (Lipinski definition) is 3. The number of carboxylic acid groups (broad SMARTS) is 1. The maximum absolute atomic E-state index is 11.4. The van der Waals surface area contributed by atoms with Crippen LogP contribution in [-0.4, -0.2) is 41.7 Å². The van der Waals surface area contributed by atoms with Gasteiger partial charge in [-0.3, -0.25) is 9.59 Å². The van der Waals surface area contributed by atoms with Crippen LogP contribution in [0.4, 0.5) is 0 Å². The molecule has 1 fully saturated rings. The van der Waals surface area contributed by atoms with Gasteiger partial charge in [0.05, 0.1) is 12.5 Å². The number of carbonyl (C=O) groups is 2. The highest BCUT2D eigenvalue weighted by molar-refractivity contribution is 6.45. The van der Waals surface area contributed by atoms with Crippen LogP contribution in [-0.2, 0) is 14.2 Å². The molecule has 7 heteroatoms. The lowest BCUT2D eigenvalue weighted by molar-refractivity contribution is -0.139. The summed E-state index contributed by atoms with van der Waals surface area (Å²) in [5.74, 6) is -1.17. The summed E-state index contributed by atoms with van der Waals surface area (Å²) < 4.78 is 5.18. The van der Waals surface area contributed by atoms with Crippen LogP contribution < -0.4 is 5.73 Å². The fraction of sp³-hybridized carbons (Fsp3) is 0.800. The summed E-state index contributed by atoms with van der Waals surface area (Å²) in [6, 6.07) is 0. The van der Waals surface area contributed by atoms with Crippen LogP contribution >= 0.6 is 0 Å². The molecular formula is C10H18BNO5. The van der Waals surface area contributed by atoms with Crippen molar-refractivity contribution in [2.24, 2.45) is 5.73 Å². The molecule has 0 aromatic rings. The molecule has 0 aliphatic carbocycles.